The van der Waals surface area contributed by atoms with Crippen molar-refractivity contribution in [3.63, 3.8) is 0 Å². The Bertz CT molecular complexity index is 555. The average molecular weight is 286 g/mol. The maximum Gasteiger partial charge on any atom is 0.245 e. The molecule has 0 N–H and O–H groups in total. The van der Waals surface area contributed by atoms with E-state index < -0.39 is 0 Å². The molecule has 0 radical (unpaired) electrons. The molecule has 2 amide bonds. The summed E-state index contributed by atoms with van der Waals surface area (Å²) in [5.74, 6) is 0.268. The van der Waals surface area contributed by atoms with E-state index in [4.69, 9.17) is 0 Å². The van der Waals surface area contributed by atoms with Gasteiger partial charge in [-0.05, 0) is 37.3 Å². The number of hydrogen-bond donors (Lipinski definition) is 0. The van der Waals surface area contributed by atoms with Crippen molar-refractivity contribution in [2.24, 2.45) is 0 Å². The standard InChI is InChI=1S/C17H22N2O2/c1-13-6-2-3-7-14(13)12-18-11-9-16(20)19-10-5-4-8-15(19)17(18)21/h2-3,6-7,15H,4-5,8-12H2,1H3. The minimum atomic E-state index is -0.224. The maximum absolute atomic E-state index is 12.8. The van der Waals surface area contributed by atoms with E-state index in [1.165, 1.54) is 11.1 Å². The summed E-state index contributed by atoms with van der Waals surface area (Å²) in [6.45, 7) is 3.96. The van der Waals surface area contributed by atoms with Gasteiger partial charge in [0.25, 0.3) is 0 Å². The molecule has 2 aliphatic heterocycles. The zero-order chi connectivity index (χ0) is 14.8. The molecule has 3 rings (SSSR count). The van der Waals surface area contributed by atoms with Crippen LogP contribution in [0.25, 0.3) is 0 Å². The second-order valence-corrected chi connectivity index (χ2v) is 6.03. The van der Waals surface area contributed by atoms with Crippen molar-refractivity contribution in [3.05, 3.63) is 35.4 Å². The molecule has 4 nitrogen and oxygen atoms in total. The Labute approximate surface area is 125 Å². The lowest BCUT2D eigenvalue weighted by atomic mass is 10.0. The Morgan fingerprint density at radius 1 is 1.14 bits per heavy atom. The highest BCUT2D eigenvalue weighted by atomic mass is 16.2. The molecule has 2 fully saturated rings. The molecule has 0 saturated carbocycles. The predicted octanol–water partition coefficient (Wildman–Crippen LogP) is 2.11. The van der Waals surface area contributed by atoms with E-state index in [1.807, 2.05) is 21.9 Å². The van der Waals surface area contributed by atoms with Crippen molar-refractivity contribution in [1.29, 1.82) is 0 Å². The largest absolute Gasteiger partial charge is 0.336 e. The van der Waals surface area contributed by atoms with Crippen molar-refractivity contribution >= 4 is 11.8 Å². The van der Waals surface area contributed by atoms with Crippen LogP contribution in [0, 0.1) is 6.92 Å². The van der Waals surface area contributed by atoms with Crippen LogP contribution in [0.1, 0.15) is 36.8 Å². The highest BCUT2D eigenvalue weighted by Crippen LogP contribution is 2.24. The minimum Gasteiger partial charge on any atom is -0.336 e. The molecular formula is C17H22N2O2. The van der Waals surface area contributed by atoms with Gasteiger partial charge in [0.05, 0.1) is 0 Å². The molecule has 0 aromatic heterocycles. The number of benzene rings is 1. The summed E-state index contributed by atoms with van der Waals surface area (Å²) in [6.07, 6.45) is 3.33. The van der Waals surface area contributed by atoms with Crippen LogP contribution in [0.5, 0.6) is 0 Å². The number of hydrogen-bond acceptors (Lipinski definition) is 2. The van der Waals surface area contributed by atoms with Crippen molar-refractivity contribution in [1.82, 2.24) is 9.80 Å². The second-order valence-electron chi connectivity index (χ2n) is 6.03. The molecule has 0 bridgehead atoms. The molecule has 1 aromatic rings. The monoisotopic (exact) mass is 286 g/mol. The third kappa shape index (κ3) is 2.80. The summed E-state index contributed by atoms with van der Waals surface area (Å²) in [5.41, 5.74) is 2.36. The molecule has 21 heavy (non-hydrogen) atoms. The number of carbonyl (C=O) groups is 2. The lowest BCUT2D eigenvalue weighted by Gasteiger charge is -2.34. The summed E-state index contributed by atoms with van der Waals surface area (Å²) in [4.78, 5) is 28.7. The molecule has 0 aliphatic carbocycles. The van der Waals surface area contributed by atoms with Crippen molar-refractivity contribution < 1.29 is 9.59 Å². The van der Waals surface area contributed by atoms with Gasteiger partial charge in [0.2, 0.25) is 11.8 Å². The number of nitrogens with zero attached hydrogens (tertiary/aromatic N) is 2. The highest BCUT2D eigenvalue weighted by molar-refractivity contribution is 5.90. The molecule has 1 atom stereocenters. The normalized spacial score (nSPS) is 23.0. The number of amides is 2. The molecule has 1 unspecified atom stereocenters. The maximum atomic E-state index is 12.8. The summed E-state index contributed by atoms with van der Waals surface area (Å²) in [7, 11) is 0. The van der Waals surface area contributed by atoms with Gasteiger partial charge in [0.15, 0.2) is 0 Å². The Morgan fingerprint density at radius 3 is 2.76 bits per heavy atom. The molecule has 0 spiro atoms. The molecule has 112 valence electrons. The first-order valence-corrected chi connectivity index (χ1v) is 7.79. The quantitative estimate of drug-likeness (QED) is 0.835. The lowest BCUT2D eigenvalue weighted by molar-refractivity contribution is -0.143. The van der Waals surface area contributed by atoms with Crippen molar-refractivity contribution in [2.45, 2.75) is 45.2 Å². The van der Waals surface area contributed by atoms with E-state index in [2.05, 4.69) is 19.1 Å². The van der Waals surface area contributed by atoms with E-state index in [0.29, 0.717) is 19.5 Å². The van der Waals surface area contributed by atoms with Gasteiger partial charge in [-0.3, -0.25) is 9.59 Å². The van der Waals surface area contributed by atoms with E-state index >= 15 is 0 Å². The Morgan fingerprint density at radius 2 is 1.95 bits per heavy atom. The molecule has 2 heterocycles. The summed E-state index contributed by atoms with van der Waals surface area (Å²) < 4.78 is 0. The average Bonchev–Trinajstić information content (AvgIpc) is 2.62. The number of fused-ring (bicyclic) bond motifs is 1. The van der Waals surface area contributed by atoms with E-state index in [1.54, 1.807) is 0 Å². The SMILES string of the molecule is Cc1ccccc1CN1CCC(=O)N2CCCCC2C1=O. The molecule has 2 saturated heterocycles. The van der Waals surface area contributed by atoms with Crippen LogP contribution < -0.4 is 0 Å². The number of carbonyl (C=O) groups excluding carboxylic acids is 2. The first-order chi connectivity index (χ1) is 10.2. The van der Waals surface area contributed by atoms with Gasteiger partial charge in [-0.25, -0.2) is 0 Å². The van der Waals surface area contributed by atoms with E-state index in [-0.39, 0.29) is 17.9 Å². The van der Waals surface area contributed by atoms with Crippen molar-refractivity contribution in [2.75, 3.05) is 13.1 Å². The van der Waals surface area contributed by atoms with Crippen LogP contribution in [0.2, 0.25) is 0 Å². The van der Waals surface area contributed by atoms with Gasteiger partial charge in [-0.15, -0.1) is 0 Å². The summed E-state index contributed by atoms with van der Waals surface area (Å²) in [6, 6.07) is 7.92. The van der Waals surface area contributed by atoms with Crippen LogP contribution in [0.15, 0.2) is 24.3 Å². The Balaban J connectivity index is 1.81. The van der Waals surface area contributed by atoms with Gasteiger partial charge < -0.3 is 9.80 Å². The first kappa shape index (κ1) is 14.1. The zero-order valence-corrected chi connectivity index (χ0v) is 12.5. The van der Waals surface area contributed by atoms with Crippen LogP contribution in [0.4, 0.5) is 0 Å². The van der Waals surface area contributed by atoms with Gasteiger partial charge >= 0.3 is 0 Å². The van der Waals surface area contributed by atoms with Gasteiger partial charge in [-0.2, -0.15) is 0 Å². The smallest absolute Gasteiger partial charge is 0.245 e. The number of rotatable bonds is 2. The molecule has 4 heteroatoms. The van der Waals surface area contributed by atoms with Crippen LogP contribution in [-0.2, 0) is 16.1 Å². The lowest BCUT2D eigenvalue weighted by Crippen LogP contribution is -2.49. The number of piperidine rings is 1. The van der Waals surface area contributed by atoms with Crippen molar-refractivity contribution in [3.8, 4) is 0 Å². The third-order valence-corrected chi connectivity index (χ3v) is 4.64. The first-order valence-electron chi connectivity index (χ1n) is 7.79. The fourth-order valence-electron chi connectivity index (χ4n) is 3.33. The summed E-state index contributed by atoms with van der Waals surface area (Å²) in [5, 5.41) is 0. The van der Waals surface area contributed by atoms with Crippen LogP contribution in [-0.4, -0.2) is 40.7 Å². The van der Waals surface area contributed by atoms with Crippen LogP contribution in [0.3, 0.4) is 0 Å². The number of aryl methyl sites for hydroxylation is 1. The minimum absolute atomic E-state index is 0.129. The third-order valence-electron chi connectivity index (χ3n) is 4.64. The van der Waals surface area contributed by atoms with E-state index in [0.717, 1.165) is 25.8 Å². The molecule has 1 aromatic carbocycles. The molecular weight excluding hydrogens is 264 g/mol. The summed E-state index contributed by atoms with van der Waals surface area (Å²) >= 11 is 0. The van der Waals surface area contributed by atoms with E-state index in [9.17, 15) is 9.59 Å². The second kappa shape index (κ2) is 5.88. The fourth-order valence-corrected chi connectivity index (χ4v) is 3.33. The topological polar surface area (TPSA) is 40.6 Å². The van der Waals surface area contributed by atoms with Crippen LogP contribution >= 0.6 is 0 Å². The van der Waals surface area contributed by atoms with Gasteiger partial charge in [-0.1, -0.05) is 24.3 Å². The Kier molecular flexibility index (Phi) is 3.95. The molecule has 2 aliphatic rings. The predicted molar refractivity (Wildman–Crippen MR) is 80.6 cm³/mol. The van der Waals surface area contributed by atoms with Gasteiger partial charge in [0, 0.05) is 26.1 Å². The van der Waals surface area contributed by atoms with Gasteiger partial charge in [0.1, 0.15) is 6.04 Å². The zero-order valence-electron chi connectivity index (χ0n) is 12.5. The Hall–Kier alpha value is -1.84. The fraction of sp³-hybridized carbons (Fsp3) is 0.529. The highest BCUT2D eigenvalue weighted by Gasteiger charge is 2.37.